The normalized spacial score (nSPS) is 25.5. The van der Waals surface area contributed by atoms with Crippen molar-refractivity contribution in [3.63, 3.8) is 0 Å². The molecule has 0 aliphatic carbocycles. The summed E-state index contributed by atoms with van der Waals surface area (Å²) in [7, 11) is 0. The van der Waals surface area contributed by atoms with Crippen molar-refractivity contribution in [2.45, 2.75) is 48.9 Å². The molecule has 0 saturated carbocycles. The van der Waals surface area contributed by atoms with Gasteiger partial charge < -0.3 is 31.9 Å². The van der Waals surface area contributed by atoms with Crippen LogP contribution in [-0.2, 0) is 14.4 Å². The molecule has 3 amide bonds. The topological polar surface area (TPSA) is 171 Å². The SMILES string of the molecule is C[C@@H](O)[C@H](NC(=O)[C@@H]1CSC2(CCN(C(=O)C(N)CO)CC2)N1)C(N)=O. The van der Waals surface area contributed by atoms with Crippen LogP contribution >= 0.6 is 11.8 Å². The van der Waals surface area contributed by atoms with E-state index in [9.17, 15) is 19.5 Å². The number of nitrogens with zero attached hydrogens (tertiary/aromatic N) is 1. The number of aliphatic hydroxyl groups excluding tert-OH is 2. The van der Waals surface area contributed by atoms with Crippen molar-refractivity contribution in [2.24, 2.45) is 11.5 Å². The number of hydrogen-bond acceptors (Lipinski definition) is 8. The number of primary amides is 1. The zero-order valence-corrected chi connectivity index (χ0v) is 15.5. The van der Waals surface area contributed by atoms with Gasteiger partial charge in [-0.15, -0.1) is 11.8 Å². The van der Waals surface area contributed by atoms with E-state index in [2.05, 4.69) is 10.6 Å². The number of hydrogen-bond donors (Lipinski definition) is 6. The monoisotopic (exact) mass is 389 g/mol. The Hall–Kier alpha value is -1.40. The van der Waals surface area contributed by atoms with Crippen LogP contribution in [0.1, 0.15) is 19.8 Å². The molecule has 26 heavy (non-hydrogen) atoms. The van der Waals surface area contributed by atoms with Crippen molar-refractivity contribution in [2.75, 3.05) is 25.4 Å². The van der Waals surface area contributed by atoms with Gasteiger partial charge in [-0.3, -0.25) is 19.7 Å². The molecule has 2 saturated heterocycles. The average Bonchev–Trinajstić information content (AvgIpc) is 3.02. The first-order valence-electron chi connectivity index (χ1n) is 8.54. The molecule has 0 radical (unpaired) electrons. The van der Waals surface area contributed by atoms with Crippen molar-refractivity contribution >= 4 is 29.5 Å². The first-order chi connectivity index (χ1) is 12.2. The minimum absolute atomic E-state index is 0.277. The van der Waals surface area contributed by atoms with Crippen LogP contribution in [0, 0.1) is 0 Å². The molecule has 0 aromatic heterocycles. The predicted octanol–water partition coefficient (Wildman–Crippen LogP) is -3.32. The van der Waals surface area contributed by atoms with Crippen LogP contribution < -0.4 is 22.1 Å². The summed E-state index contributed by atoms with van der Waals surface area (Å²) in [4.78, 5) is 37.0. The van der Waals surface area contributed by atoms with E-state index in [1.165, 1.54) is 6.92 Å². The van der Waals surface area contributed by atoms with Crippen LogP contribution in [0.5, 0.6) is 0 Å². The number of thioether (sulfide) groups is 1. The smallest absolute Gasteiger partial charge is 0.242 e. The lowest BCUT2D eigenvalue weighted by molar-refractivity contribution is -0.135. The van der Waals surface area contributed by atoms with Crippen LogP contribution in [0.4, 0.5) is 0 Å². The molecular weight excluding hydrogens is 362 g/mol. The fourth-order valence-electron chi connectivity index (χ4n) is 3.16. The Morgan fingerprint density at radius 2 is 2.00 bits per heavy atom. The van der Waals surface area contributed by atoms with Crippen molar-refractivity contribution in [3.05, 3.63) is 0 Å². The number of carbonyl (C=O) groups excluding carboxylic acids is 3. The highest BCUT2D eigenvalue weighted by Crippen LogP contribution is 2.39. The third kappa shape index (κ3) is 4.65. The maximum atomic E-state index is 12.4. The quantitative estimate of drug-likeness (QED) is 0.274. The minimum atomic E-state index is -1.13. The first-order valence-corrected chi connectivity index (χ1v) is 9.52. The number of nitrogens with one attached hydrogen (secondary N) is 2. The Morgan fingerprint density at radius 3 is 2.50 bits per heavy atom. The van der Waals surface area contributed by atoms with Crippen LogP contribution in [-0.4, -0.2) is 87.4 Å². The summed E-state index contributed by atoms with van der Waals surface area (Å²) in [5.41, 5.74) is 10.8. The van der Waals surface area contributed by atoms with Gasteiger partial charge in [0.25, 0.3) is 0 Å². The zero-order chi connectivity index (χ0) is 19.5. The summed E-state index contributed by atoms with van der Waals surface area (Å²) in [6.07, 6.45) is 0.201. The highest BCUT2D eigenvalue weighted by atomic mass is 32.2. The molecule has 2 heterocycles. The van der Waals surface area contributed by atoms with E-state index >= 15 is 0 Å². The summed E-state index contributed by atoms with van der Waals surface area (Å²) in [6, 6.07) is -2.55. The van der Waals surface area contributed by atoms with E-state index in [0.717, 1.165) is 0 Å². The largest absolute Gasteiger partial charge is 0.394 e. The van der Waals surface area contributed by atoms with E-state index < -0.39 is 30.1 Å². The number of carbonyl (C=O) groups is 3. The van der Waals surface area contributed by atoms with Crippen molar-refractivity contribution in [1.29, 1.82) is 0 Å². The van der Waals surface area contributed by atoms with E-state index in [0.29, 0.717) is 31.7 Å². The molecule has 148 valence electrons. The first kappa shape index (κ1) is 20.9. The zero-order valence-electron chi connectivity index (χ0n) is 14.7. The molecule has 1 unspecified atom stereocenters. The molecule has 8 N–H and O–H groups in total. The lowest BCUT2D eigenvalue weighted by atomic mass is 10.0. The van der Waals surface area contributed by atoms with Crippen LogP contribution in [0.2, 0.25) is 0 Å². The summed E-state index contributed by atoms with van der Waals surface area (Å²) >= 11 is 1.60. The van der Waals surface area contributed by atoms with E-state index in [4.69, 9.17) is 16.6 Å². The molecule has 4 atom stereocenters. The van der Waals surface area contributed by atoms with Gasteiger partial charge in [-0.1, -0.05) is 0 Å². The maximum Gasteiger partial charge on any atom is 0.242 e. The fourth-order valence-corrected chi connectivity index (χ4v) is 4.58. The Morgan fingerprint density at radius 1 is 1.38 bits per heavy atom. The van der Waals surface area contributed by atoms with Gasteiger partial charge >= 0.3 is 0 Å². The Balaban J connectivity index is 1.89. The molecule has 10 nitrogen and oxygen atoms in total. The lowest BCUT2D eigenvalue weighted by Crippen LogP contribution is -2.59. The predicted molar refractivity (Wildman–Crippen MR) is 95.8 cm³/mol. The molecule has 0 aromatic carbocycles. The van der Waals surface area contributed by atoms with Gasteiger partial charge in [-0.25, -0.2) is 0 Å². The van der Waals surface area contributed by atoms with Gasteiger partial charge in [-0.05, 0) is 19.8 Å². The highest BCUT2D eigenvalue weighted by molar-refractivity contribution is 8.01. The molecule has 1 spiro atoms. The number of aliphatic hydroxyl groups is 2. The number of rotatable bonds is 6. The Bertz CT molecular complexity index is 553. The van der Waals surface area contributed by atoms with Crippen LogP contribution in [0.3, 0.4) is 0 Å². The minimum Gasteiger partial charge on any atom is -0.394 e. The number of likely N-dealkylation sites (tertiary alicyclic amines) is 1. The standard InChI is InChI=1S/C15H27N5O5S/c1-8(22)11(12(17)23)18-13(24)10-7-26-15(19-10)2-4-20(5-3-15)14(25)9(16)6-21/h8-11,19,21-22H,2-7,16H2,1H3,(H2,17,23)(H,18,24)/t8-,9?,10+,11+/m1/s1. The number of amides is 3. The van der Waals surface area contributed by atoms with Crippen molar-refractivity contribution < 1.29 is 24.6 Å². The van der Waals surface area contributed by atoms with Crippen LogP contribution in [0.15, 0.2) is 0 Å². The highest BCUT2D eigenvalue weighted by Gasteiger charge is 2.45. The molecular formula is C15H27N5O5S. The molecule has 0 aromatic rings. The summed E-state index contributed by atoms with van der Waals surface area (Å²) in [5.74, 6) is -0.942. The third-order valence-electron chi connectivity index (χ3n) is 4.76. The number of piperidine rings is 1. The molecule has 2 fully saturated rings. The molecule has 2 rings (SSSR count). The lowest BCUT2D eigenvalue weighted by Gasteiger charge is -2.39. The van der Waals surface area contributed by atoms with Crippen molar-refractivity contribution in [1.82, 2.24) is 15.5 Å². The van der Waals surface area contributed by atoms with E-state index in [1.807, 2.05) is 0 Å². The molecule has 2 aliphatic heterocycles. The fraction of sp³-hybridized carbons (Fsp3) is 0.800. The Labute approximate surface area is 156 Å². The van der Waals surface area contributed by atoms with Gasteiger partial charge in [0.15, 0.2) is 0 Å². The third-order valence-corrected chi connectivity index (χ3v) is 6.34. The molecule has 11 heteroatoms. The van der Waals surface area contributed by atoms with Crippen molar-refractivity contribution in [3.8, 4) is 0 Å². The molecule has 2 aliphatic rings. The summed E-state index contributed by atoms with van der Waals surface area (Å²) in [6.45, 7) is 1.97. The van der Waals surface area contributed by atoms with E-state index in [1.54, 1.807) is 16.7 Å². The van der Waals surface area contributed by atoms with Gasteiger partial charge in [-0.2, -0.15) is 0 Å². The van der Waals surface area contributed by atoms with E-state index in [-0.39, 0.29) is 23.3 Å². The van der Waals surface area contributed by atoms with Gasteiger partial charge in [0.05, 0.1) is 23.6 Å². The Kier molecular flexibility index (Phi) is 6.86. The van der Waals surface area contributed by atoms with Gasteiger partial charge in [0, 0.05) is 18.8 Å². The maximum absolute atomic E-state index is 12.4. The summed E-state index contributed by atoms with van der Waals surface area (Å²) < 4.78 is 0. The second-order valence-electron chi connectivity index (χ2n) is 6.75. The van der Waals surface area contributed by atoms with Gasteiger partial charge in [0.2, 0.25) is 17.7 Å². The number of nitrogens with two attached hydrogens (primary N) is 2. The second-order valence-corrected chi connectivity index (χ2v) is 8.15. The second kappa shape index (κ2) is 8.53. The average molecular weight is 389 g/mol. The van der Waals surface area contributed by atoms with Crippen LogP contribution in [0.25, 0.3) is 0 Å². The summed E-state index contributed by atoms with van der Waals surface area (Å²) in [5, 5.41) is 24.3. The molecule has 0 bridgehead atoms. The van der Waals surface area contributed by atoms with Gasteiger partial charge in [0.1, 0.15) is 12.1 Å².